The Morgan fingerprint density at radius 3 is 2.42 bits per heavy atom. The van der Waals surface area contributed by atoms with Gasteiger partial charge in [-0.15, -0.1) is 0 Å². The zero-order valence-electron chi connectivity index (χ0n) is 12.7. The largest absolute Gasteiger partial charge is 0.453 e. The second-order valence-corrected chi connectivity index (χ2v) is 5.33. The highest BCUT2D eigenvalue weighted by Gasteiger charge is 2.21. The normalized spacial score (nSPS) is 11.0. The number of carbonyl (C=O) groups is 1. The third-order valence-electron chi connectivity index (χ3n) is 3.65. The van der Waals surface area contributed by atoms with Crippen molar-refractivity contribution in [1.82, 2.24) is 0 Å². The lowest BCUT2D eigenvalue weighted by Gasteiger charge is -2.07. The lowest BCUT2D eigenvalue weighted by Crippen LogP contribution is -2.13. The number of hydrogen-bond acceptors (Lipinski definition) is 5. The molecule has 0 aliphatic heterocycles. The minimum absolute atomic E-state index is 0.102. The molecule has 5 heteroatoms. The van der Waals surface area contributed by atoms with E-state index in [-0.39, 0.29) is 11.5 Å². The summed E-state index contributed by atoms with van der Waals surface area (Å²) in [5.74, 6) is -0.337. The average molecular weight is 320 g/mol. The van der Waals surface area contributed by atoms with Crippen LogP contribution in [0.1, 0.15) is 6.92 Å². The molecule has 118 valence electrons. The van der Waals surface area contributed by atoms with Gasteiger partial charge in [0.05, 0.1) is 5.39 Å². The highest BCUT2D eigenvalue weighted by Crippen LogP contribution is 2.34. The predicted octanol–water partition coefficient (Wildman–Crippen LogP) is 4.13. The molecule has 0 atom stereocenters. The van der Waals surface area contributed by atoms with Crippen molar-refractivity contribution >= 4 is 27.9 Å². The summed E-state index contributed by atoms with van der Waals surface area (Å²) in [5.41, 5.74) is 0.633. The molecule has 4 aromatic rings. The van der Waals surface area contributed by atoms with Crippen LogP contribution < -0.4 is 10.2 Å². The first-order valence-electron chi connectivity index (χ1n) is 7.37. The maximum Gasteiger partial charge on any atom is 0.308 e. The standard InChI is InChI=1S/C19H12O5/c1-11(20)22-19-17(21)13-7-3-5-9-15(13)24-18(19)16-10-12-6-2-4-8-14(12)23-16/h2-10H,1H3. The molecule has 2 aromatic heterocycles. The number of furan rings is 1. The van der Waals surface area contributed by atoms with Crippen LogP contribution in [-0.2, 0) is 4.79 Å². The molecule has 5 nitrogen and oxygen atoms in total. The maximum absolute atomic E-state index is 12.7. The molecule has 0 saturated heterocycles. The Labute approximate surface area is 136 Å². The van der Waals surface area contributed by atoms with Gasteiger partial charge >= 0.3 is 5.97 Å². The van der Waals surface area contributed by atoms with Crippen LogP contribution in [0.2, 0.25) is 0 Å². The first kappa shape index (κ1) is 14.3. The molecule has 0 aliphatic rings. The monoisotopic (exact) mass is 320 g/mol. The molecular formula is C19H12O5. The van der Waals surface area contributed by atoms with Crippen molar-refractivity contribution in [2.75, 3.05) is 0 Å². The van der Waals surface area contributed by atoms with Crippen LogP contribution in [0.3, 0.4) is 0 Å². The van der Waals surface area contributed by atoms with Gasteiger partial charge in [-0.3, -0.25) is 9.59 Å². The van der Waals surface area contributed by atoms with Crippen LogP contribution in [0.25, 0.3) is 33.5 Å². The molecule has 0 fully saturated rings. The van der Waals surface area contributed by atoms with Crippen molar-refractivity contribution in [1.29, 1.82) is 0 Å². The van der Waals surface area contributed by atoms with Crippen molar-refractivity contribution in [3.63, 3.8) is 0 Å². The fourth-order valence-corrected chi connectivity index (χ4v) is 2.62. The number of fused-ring (bicyclic) bond motifs is 2. The number of para-hydroxylation sites is 2. The molecule has 0 aliphatic carbocycles. The summed E-state index contributed by atoms with van der Waals surface area (Å²) in [5, 5.41) is 1.20. The van der Waals surface area contributed by atoms with Crippen molar-refractivity contribution in [2.24, 2.45) is 0 Å². The van der Waals surface area contributed by atoms with Gasteiger partial charge in [-0.1, -0.05) is 30.3 Å². The Hall–Kier alpha value is -3.34. The first-order chi connectivity index (χ1) is 11.6. The molecule has 0 N–H and O–H groups in total. The SMILES string of the molecule is CC(=O)Oc1c(-c2cc3ccccc3o2)oc2ccccc2c1=O. The van der Waals surface area contributed by atoms with E-state index >= 15 is 0 Å². The summed E-state index contributed by atoms with van der Waals surface area (Å²) in [7, 11) is 0. The summed E-state index contributed by atoms with van der Waals surface area (Å²) in [6, 6.07) is 15.9. The van der Waals surface area contributed by atoms with Gasteiger partial charge in [0.25, 0.3) is 0 Å². The molecule has 2 heterocycles. The molecule has 4 rings (SSSR count). The summed E-state index contributed by atoms with van der Waals surface area (Å²) in [4.78, 5) is 24.1. The highest BCUT2D eigenvalue weighted by molar-refractivity contribution is 5.86. The quantitative estimate of drug-likeness (QED) is 0.519. The van der Waals surface area contributed by atoms with Gasteiger partial charge in [-0.05, 0) is 24.3 Å². The fraction of sp³-hybridized carbons (Fsp3) is 0.0526. The Bertz CT molecular complexity index is 1100. The molecule has 0 amide bonds. The molecule has 0 unspecified atom stereocenters. The Morgan fingerprint density at radius 2 is 1.67 bits per heavy atom. The Balaban J connectivity index is 2.05. The molecule has 0 spiro atoms. The van der Waals surface area contributed by atoms with E-state index in [9.17, 15) is 9.59 Å². The lowest BCUT2D eigenvalue weighted by molar-refractivity contribution is -0.132. The Kier molecular flexibility index (Phi) is 3.20. The van der Waals surface area contributed by atoms with Gasteiger partial charge in [0.1, 0.15) is 11.2 Å². The molecule has 24 heavy (non-hydrogen) atoms. The summed E-state index contributed by atoms with van der Waals surface area (Å²) in [6.45, 7) is 1.23. The van der Waals surface area contributed by atoms with E-state index in [0.29, 0.717) is 22.3 Å². The van der Waals surface area contributed by atoms with Crippen molar-refractivity contribution < 1.29 is 18.4 Å². The summed E-state index contributed by atoms with van der Waals surface area (Å²) in [6.07, 6.45) is 0. The van der Waals surface area contributed by atoms with E-state index in [1.54, 1.807) is 30.3 Å². The van der Waals surface area contributed by atoms with Gasteiger partial charge in [-0.2, -0.15) is 0 Å². The first-order valence-corrected chi connectivity index (χ1v) is 7.37. The van der Waals surface area contributed by atoms with Gasteiger partial charge < -0.3 is 13.6 Å². The van der Waals surface area contributed by atoms with Crippen LogP contribution in [0.5, 0.6) is 5.75 Å². The zero-order valence-corrected chi connectivity index (χ0v) is 12.7. The second kappa shape index (κ2) is 5.38. The van der Waals surface area contributed by atoms with Crippen LogP contribution in [0, 0.1) is 0 Å². The summed E-state index contributed by atoms with van der Waals surface area (Å²) < 4.78 is 16.7. The van der Waals surface area contributed by atoms with Crippen LogP contribution in [0.15, 0.2) is 68.2 Å². The van der Waals surface area contributed by atoms with Gasteiger partial charge in [0, 0.05) is 12.3 Å². The zero-order chi connectivity index (χ0) is 16.7. The highest BCUT2D eigenvalue weighted by atomic mass is 16.5. The van der Waals surface area contributed by atoms with Crippen molar-refractivity contribution in [3.8, 4) is 17.3 Å². The van der Waals surface area contributed by atoms with Gasteiger partial charge in [0.15, 0.2) is 5.76 Å². The summed E-state index contributed by atoms with van der Waals surface area (Å²) >= 11 is 0. The molecular weight excluding hydrogens is 308 g/mol. The molecule has 0 radical (unpaired) electrons. The third kappa shape index (κ3) is 2.27. The number of ether oxygens (including phenoxy) is 1. The number of rotatable bonds is 2. The fourth-order valence-electron chi connectivity index (χ4n) is 2.62. The number of benzene rings is 2. The predicted molar refractivity (Wildman–Crippen MR) is 89.0 cm³/mol. The van der Waals surface area contributed by atoms with Crippen LogP contribution in [-0.4, -0.2) is 5.97 Å². The van der Waals surface area contributed by atoms with E-state index in [1.165, 1.54) is 6.92 Å². The molecule has 0 bridgehead atoms. The third-order valence-corrected chi connectivity index (χ3v) is 3.65. The second-order valence-electron chi connectivity index (χ2n) is 5.33. The van der Waals surface area contributed by atoms with E-state index in [1.807, 2.05) is 24.3 Å². The van der Waals surface area contributed by atoms with E-state index in [0.717, 1.165) is 5.39 Å². The van der Waals surface area contributed by atoms with Crippen molar-refractivity contribution in [2.45, 2.75) is 6.92 Å². The molecule has 2 aromatic carbocycles. The smallest absolute Gasteiger partial charge is 0.308 e. The van der Waals surface area contributed by atoms with E-state index < -0.39 is 11.4 Å². The average Bonchev–Trinajstić information content (AvgIpc) is 3.01. The number of esters is 1. The van der Waals surface area contributed by atoms with Crippen LogP contribution >= 0.6 is 0 Å². The van der Waals surface area contributed by atoms with Gasteiger partial charge in [-0.25, -0.2) is 0 Å². The van der Waals surface area contributed by atoms with Gasteiger partial charge in [0.2, 0.25) is 16.9 Å². The minimum Gasteiger partial charge on any atom is -0.453 e. The van der Waals surface area contributed by atoms with E-state index in [4.69, 9.17) is 13.6 Å². The minimum atomic E-state index is -0.602. The Morgan fingerprint density at radius 1 is 0.958 bits per heavy atom. The van der Waals surface area contributed by atoms with Crippen molar-refractivity contribution in [3.05, 3.63) is 64.8 Å². The maximum atomic E-state index is 12.7. The van der Waals surface area contributed by atoms with Crippen LogP contribution in [0.4, 0.5) is 0 Å². The number of carbonyl (C=O) groups excluding carboxylic acids is 1. The number of hydrogen-bond donors (Lipinski definition) is 0. The topological polar surface area (TPSA) is 69.7 Å². The molecule has 0 saturated carbocycles. The lowest BCUT2D eigenvalue weighted by atomic mass is 10.2. The van der Waals surface area contributed by atoms with E-state index in [2.05, 4.69) is 0 Å².